The van der Waals surface area contributed by atoms with Gasteiger partial charge in [-0.05, 0) is 25.3 Å². The fourth-order valence-corrected chi connectivity index (χ4v) is 4.58. The van der Waals surface area contributed by atoms with Gasteiger partial charge in [0.2, 0.25) is 15.7 Å². The molecular weight excluding hydrogens is 322 g/mol. The Morgan fingerprint density at radius 2 is 1.91 bits per heavy atom. The minimum atomic E-state index is -3.78. The van der Waals surface area contributed by atoms with Crippen LogP contribution in [-0.2, 0) is 9.84 Å². The maximum Gasteiger partial charge on any atom is 0.215 e. The fourth-order valence-electron chi connectivity index (χ4n) is 2.17. The lowest BCUT2D eigenvalue weighted by Crippen LogP contribution is -2.04. The first-order valence-corrected chi connectivity index (χ1v) is 9.09. The lowest BCUT2D eigenvalue weighted by atomic mass is 10.4. The third kappa shape index (κ3) is 2.24. The number of hydrogen-bond donors (Lipinski definition) is 1. The van der Waals surface area contributed by atoms with Gasteiger partial charge in [0.1, 0.15) is 5.03 Å². The summed E-state index contributed by atoms with van der Waals surface area (Å²) in [5.41, 5.74) is 0.646. The van der Waals surface area contributed by atoms with Crippen LogP contribution in [0.25, 0.3) is 5.65 Å². The Morgan fingerprint density at radius 3 is 2.55 bits per heavy atom. The van der Waals surface area contributed by atoms with Gasteiger partial charge in [0.05, 0.1) is 4.90 Å². The molecule has 2 aromatic heterocycles. The van der Waals surface area contributed by atoms with Gasteiger partial charge >= 0.3 is 0 Å². The van der Waals surface area contributed by atoms with Crippen molar-refractivity contribution in [1.29, 1.82) is 0 Å². The number of sulfone groups is 1. The molecule has 22 heavy (non-hydrogen) atoms. The first-order valence-electron chi connectivity index (χ1n) is 6.38. The van der Waals surface area contributed by atoms with Crippen LogP contribution < -0.4 is 0 Å². The summed E-state index contributed by atoms with van der Waals surface area (Å²) >= 11 is 1.20. The van der Waals surface area contributed by atoms with Crippen LogP contribution in [0.15, 0.2) is 51.2 Å². The van der Waals surface area contributed by atoms with Crippen LogP contribution in [0.2, 0.25) is 0 Å². The van der Waals surface area contributed by atoms with Crippen molar-refractivity contribution < 1.29 is 13.5 Å². The topological polar surface area (TPSA) is 84.6 Å². The number of rotatable bonds is 3. The zero-order chi connectivity index (χ0) is 15.9. The molecular formula is C14H13N3O3S2. The Balaban J connectivity index is 2.40. The number of benzene rings is 1. The summed E-state index contributed by atoms with van der Waals surface area (Å²) in [5.74, 6) is -0.146. The Morgan fingerprint density at radius 1 is 1.23 bits per heavy atom. The van der Waals surface area contributed by atoms with E-state index in [1.54, 1.807) is 31.4 Å². The molecule has 0 saturated heterocycles. The molecule has 8 heteroatoms. The number of aromatic hydroxyl groups is 1. The number of aromatic nitrogens is 3. The van der Waals surface area contributed by atoms with E-state index >= 15 is 0 Å². The molecule has 114 valence electrons. The molecule has 3 rings (SSSR count). The van der Waals surface area contributed by atoms with Gasteiger partial charge in [0, 0.05) is 11.8 Å². The van der Waals surface area contributed by atoms with Crippen molar-refractivity contribution in [3.05, 3.63) is 42.1 Å². The third-order valence-electron chi connectivity index (χ3n) is 3.14. The second-order valence-corrected chi connectivity index (χ2v) is 7.33. The Labute approximate surface area is 131 Å². The van der Waals surface area contributed by atoms with Crippen LogP contribution in [0.4, 0.5) is 0 Å². The molecule has 1 aromatic carbocycles. The lowest BCUT2D eigenvalue weighted by Gasteiger charge is -2.04. The average Bonchev–Trinajstić information content (AvgIpc) is 2.87. The van der Waals surface area contributed by atoms with Crippen molar-refractivity contribution in [3.8, 4) is 5.88 Å². The van der Waals surface area contributed by atoms with Crippen LogP contribution in [0.5, 0.6) is 5.88 Å². The van der Waals surface area contributed by atoms with E-state index in [1.807, 2.05) is 0 Å². The monoisotopic (exact) mass is 335 g/mol. The van der Waals surface area contributed by atoms with E-state index in [1.165, 1.54) is 30.0 Å². The van der Waals surface area contributed by atoms with Gasteiger partial charge in [-0.1, -0.05) is 18.2 Å². The van der Waals surface area contributed by atoms with E-state index in [-0.39, 0.29) is 21.3 Å². The largest absolute Gasteiger partial charge is 0.493 e. The van der Waals surface area contributed by atoms with Crippen LogP contribution >= 0.6 is 11.8 Å². The van der Waals surface area contributed by atoms with E-state index in [9.17, 15) is 13.5 Å². The Bertz CT molecular complexity index is 950. The Kier molecular flexibility index (Phi) is 3.57. The maximum absolute atomic E-state index is 12.9. The molecule has 0 aliphatic rings. The van der Waals surface area contributed by atoms with Crippen molar-refractivity contribution in [1.82, 2.24) is 14.6 Å². The lowest BCUT2D eigenvalue weighted by molar-refractivity contribution is 0.433. The molecule has 0 atom stereocenters. The zero-order valence-corrected chi connectivity index (χ0v) is 13.5. The van der Waals surface area contributed by atoms with E-state index in [2.05, 4.69) is 10.1 Å². The van der Waals surface area contributed by atoms with Gasteiger partial charge < -0.3 is 5.11 Å². The highest BCUT2D eigenvalue weighted by molar-refractivity contribution is 7.99. The summed E-state index contributed by atoms with van der Waals surface area (Å²) < 4.78 is 27.0. The molecule has 0 spiro atoms. The predicted octanol–water partition coefficient (Wildman–Crippen LogP) is 2.30. The molecule has 2 heterocycles. The van der Waals surface area contributed by atoms with E-state index < -0.39 is 9.84 Å². The van der Waals surface area contributed by atoms with Crippen molar-refractivity contribution >= 4 is 27.2 Å². The second kappa shape index (κ2) is 5.29. The number of nitrogens with zero attached hydrogens (tertiary/aromatic N) is 3. The number of fused-ring (bicyclic) bond motifs is 1. The standard InChI is InChI=1S/C14H13N3O3S2/c1-9-8-11(18)17-13(15-9)12(14(16-17)21-2)22(19,20)10-6-4-3-5-7-10/h3-8,18H,1-2H3. The summed E-state index contributed by atoms with van der Waals surface area (Å²) in [7, 11) is -3.78. The predicted molar refractivity (Wildman–Crippen MR) is 83.1 cm³/mol. The molecule has 0 saturated carbocycles. The summed E-state index contributed by atoms with van der Waals surface area (Å²) in [6, 6.07) is 9.56. The summed E-state index contributed by atoms with van der Waals surface area (Å²) in [6.45, 7) is 1.68. The molecule has 0 fully saturated rings. The van der Waals surface area contributed by atoms with Crippen LogP contribution in [-0.4, -0.2) is 34.4 Å². The number of thioether (sulfide) groups is 1. The van der Waals surface area contributed by atoms with E-state index in [0.717, 1.165) is 4.52 Å². The molecule has 0 bridgehead atoms. The Hall–Kier alpha value is -2.06. The van der Waals surface area contributed by atoms with Gasteiger partial charge in [0.15, 0.2) is 10.5 Å². The first kappa shape index (κ1) is 14.9. The van der Waals surface area contributed by atoms with Crippen molar-refractivity contribution in [2.75, 3.05) is 6.26 Å². The first-order chi connectivity index (χ1) is 10.4. The van der Waals surface area contributed by atoms with Gasteiger partial charge in [-0.2, -0.15) is 9.61 Å². The molecule has 3 aromatic rings. The summed E-state index contributed by atoms with van der Waals surface area (Å²) in [4.78, 5) is 4.43. The smallest absolute Gasteiger partial charge is 0.215 e. The molecule has 6 nitrogen and oxygen atoms in total. The molecule has 0 unspecified atom stereocenters. The highest BCUT2D eigenvalue weighted by Gasteiger charge is 2.29. The van der Waals surface area contributed by atoms with E-state index in [4.69, 9.17) is 0 Å². The van der Waals surface area contributed by atoms with Crippen LogP contribution in [0.1, 0.15) is 5.69 Å². The number of aryl methyl sites for hydroxylation is 1. The van der Waals surface area contributed by atoms with Crippen molar-refractivity contribution in [2.45, 2.75) is 21.7 Å². The normalized spacial score (nSPS) is 11.9. The van der Waals surface area contributed by atoms with Gasteiger partial charge in [-0.25, -0.2) is 13.4 Å². The van der Waals surface area contributed by atoms with Crippen LogP contribution in [0.3, 0.4) is 0 Å². The quantitative estimate of drug-likeness (QED) is 0.739. The summed E-state index contributed by atoms with van der Waals surface area (Å²) in [6.07, 6.45) is 1.73. The van der Waals surface area contributed by atoms with Gasteiger partial charge in [-0.15, -0.1) is 11.8 Å². The SMILES string of the molecule is CSc1nn2c(O)cc(C)nc2c1S(=O)(=O)c1ccccc1. The minimum Gasteiger partial charge on any atom is -0.493 e. The van der Waals surface area contributed by atoms with Crippen LogP contribution in [0, 0.1) is 6.92 Å². The van der Waals surface area contributed by atoms with Crippen molar-refractivity contribution in [2.24, 2.45) is 0 Å². The third-order valence-corrected chi connectivity index (χ3v) is 5.75. The maximum atomic E-state index is 12.9. The molecule has 0 aliphatic heterocycles. The molecule has 0 amide bonds. The number of hydrogen-bond acceptors (Lipinski definition) is 6. The summed E-state index contributed by atoms with van der Waals surface area (Å²) in [5, 5.41) is 14.4. The molecule has 1 N–H and O–H groups in total. The van der Waals surface area contributed by atoms with Gasteiger partial charge in [0.25, 0.3) is 0 Å². The highest BCUT2D eigenvalue weighted by atomic mass is 32.2. The molecule has 0 aliphatic carbocycles. The fraction of sp³-hybridized carbons (Fsp3) is 0.143. The van der Waals surface area contributed by atoms with E-state index in [0.29, 0.717) is 10.7 Å². The van der Waals surface area contributed by atoms with Gasteiger partial charge in [-0.3, -0.25) is 0 Å². The highest BCUT2D eigenvalue weighted by Crippen LogP contribution is 2.33. The van der Waals surface area contributed by atoms with Crippen molar-refractivity contribution in [3.63, 3.8) is 0 Å². The minimum absolute atomic E-state index is 0.0187. The average molecular weight is 335 g/mol. The zero-order valence-electron chi connectivity index (χ0n) is 11.9. The molecule has 0 radical (unpaired) electrons. The second-order valence-electron chi connectivity index (χ2n) is 4.65.